The molecule has 1 rings (SSSR count). The van der Waals surface area contributed by atoms with Gasteiger partial charge in [-0.05, 0) is 6.07 Å². The van der Waals surface area contributed by atoms with Gasteiger partial charge in [0.15, 0.2) is 6.10 Å². The lowest BCUT2D eigenvalue weighted by molar-refractivity contribution is -0.384. The lowest BCUT2D eigenvalue weighted by Gasteiger charge is -2.08. The van der Waals surface area contributed by atoms with Crippen molar-refractivity contribution in [1.29, 1.82) is 0 Å². The monoisotopic (exact) mass is 288 g/mol. The Hall–Kier alpha value is -2.19. The van der Waals surface area contributed by atoms with Crippen LogP contribution in [-0.4, -0.2) is 39.7 Å². The highest BCUT2D eigenvalue weighted by Gasteiger charge is 2.17. The molecule has 1 aromatic rings. The highest BCUT2D eigenvalue weighted by atomic mass is 35.5. The lowest BCUT2D eigenvalue weighted by Crippen LogP contribution is -2.36. The molecule has 0 aliphatic rings. The lowest BCUT2D eigenvalue weighted by atomic mass is 10.2. The number of carbonyl (C=O) groups excluding carboxylic acids is 1. The van der Waals surface area contributed by atoms with Crippen molar-refractivity contribution in [2.75, 3.05) is 6.54 Å². The molecule has 0 aliphatic carbocycles. The third-order valence-corrected chi connectivity index (χ3v) is 2.31. The van der Waals surface area contributed by atoms with E-state index in [0.29, 0.717) is 0 Å². The number of nitro groups is 1. The summed E-state index contributed by atoms with van der Waals surface area (Å²) < 4.78 is 0. The van der Waals surface area contributed by atoms with Gasteiger partial charge in [-0.1, -0.05) is 11.6 Å². The summed E-state index contributed by atoms with van der Waals surface area (Å²) in [6.07, 6.45) is -1.75. The number of aliphatic carboxylic acids is 1. The fraction of sp³-hybridized carbons (Fsp3) is 0.200. The molecule has 0 bridgehead atoms. The number of amides is 1. The Morgan fingerprint density at radius 2 is 2.05 bits per heavy atom. The first-order valence-corrected chi connectivity index (χ1v) is 5.33. The average molecular weight is 289 g/mol. The topological polar surface area (TPSA) is 130 Å². The van der Waals surface area contributed by atoms with Crippen LogP contribution in [0.25, 0.3) is 0 Å². The Balaban J connectivity index is 2.82. The highest BCUT2D eigenvalue weighted by Crippen LogP contribution is 2.20. The van der Waals surface area contributed by atoms with Crippen LogP contribution in [-0.2, 0) is 4.79 Å². The van der Waals surface area contributed by atoms with E-state index in [1.807, 2.05) is 0 Å². The van der Waals surface area contributed by atoms with Gasteiger partial charge in [0, 0.05) is 22.7 Å². The van der Waals surface area contributed by atoms with Gasteiger partial charge in [-0.15, -0.1) is 0 Å². The van der Waals surface area contributed by atoms with Gasteiger partial charge < -0.3 is 15.5 Å². The summed E-state index contributed by atoms with van der Waals surface area (Å²) in [4.78, 5) is 31.8. The van der Waals surface area contributed by atoms with E-state index in [9.17, 15) is 19.7 Å². The first-order valence-electron chi connectivity index (χ1n) is 4.95. The number of nitrogens with zero attached hydrogens (tertiary/aromatic N) is 1. The predicted octanol–water partition coefficient (Wildman–Crippen LogP) is 0.423. The smallest absolute Gasteiger partial charge is 0.334 e. The second kappa shape index (κ2) is 6.12. The molecule has 1 unspecified atom stereocenters. The second-order valence-corrected chi connectivity index (χ2v) is 3.96. The molecule has 0 aromatic heterocycles. The van der Waals surface area contributed by atoms with Crippen molar-refractivity contribution in [3.8, 4) is 0 Å². The Bertz CT molecular complexity index is 533. The number of non-ortho nitro benzene ring substituents is 1. The van der Waals surface area contributed by atoms with E-state index in [1.54, 1.807) is 0 Å². The number of halogens is 1. The van der Waals surface area contributed by atoms with Gasteiger partial charge in [0.25, 0.3) is 11.6 Å². The number of carboxylic acid groups (broad SMARTS) is 1. The zero-order chi connectivity index (χ0) is 14.6. The fourth-order valence-corrected chi connectivity index (χ4v) is 1.42. The molecule has 102 valence electrons. The number of carbonyl (C=O) groups is 2. The van der Waals surface area contributed by atoms with Gasteiger partial charge in [0.1, 0.15) is 0 Å². The Morgan fingerprint density at radius 3 is 2.58 bits per heavy atom. The van der Waals surface area contributed by atoms with Gasteiger partial charge in [-0.25, -0.2) is 4.79 Å². The summed E-state index contributed by atoms with van der Waals surface area (Å²) >= 11 is 5.62. The van der Waals surface area contributed by atoms with E-state index in [4.69, 9.17) is 21.8 Å². The Kier molecular flexibility index (Phi) is 4.79. The van der Waals surface area contributed by atoms with Crippen LogP contribution in [0.15, 0.2) is 18.2 Å². The molecule has 0 saturated carbocycles. The van der Waals surface area contributed by atoms with Crippen molar-refractivity contribution >= 4 is 29.2 Å². The van der Waals surface area contributed by atoms with Crippen LogP contribution in [0, 0.1) is 10.1 Å². The number of aliphatic hydroxyl groups is 1. The maximum atomic E-state index is 11.6. The summed E-state index contributed by atoms with van der Waals surface area (Å²) in [7, 11) is 0. The van der Waals surface area contributed by atoms with Crippen LogP contribution in [0.1, 0.15) is 10.4 Å². The number of nitro benzene ring substituents is 1. The zero-order valence-electron chi connectivity index (χ0n) is 9.37. The summed E-state index contributed by atoms with van der Waals surface area (Å²) in [6, 6.07) is 3.26. The molecule has 0 radical (unpaired) electrons. The van der Waals surface area contributed by atoms with Gasteiger partial charge in [0.05, 0.1) is 11.5 Å². The molecule has 0 aliphatic heterocycles. The average Bonchev–Trinajstić information content (AvgIpc) is 2.34. The third-order valence-electron chi connectivity index (χ3n) is 2.10. The van der Waals surface area contributed by atoms with Crippen LogP contribution in [0.2, 0.25) is 5.02 Å². The number of hydrogen-bond acceptors (Lipinski definition) is 5. The number of rotatable bonds is 5. The number of aliphatic hydroxyl groups excluding tert-OH is 1. The molecule has 19 heavy (non-hydrogen) atoms. The normalized spacial score (nSPS) is 11.7. The van der Waals surface area contributed by atoms with Crippen LogP contribution < -0.4 is 5.32 Å². The first kappa shape index (κ1) is 14.9. The van der Waals surface area contributed by atoms with E-state index in [-0.39, 0.29) is 16.3 Å². The molecule has 1 atom stereocenters. The molecular weight excluding hydrogens is 280 g/mol. The standard InChI is InChI=1S/C10H9ClN2O6/c11-6-1-5(2-7(3-6)13(18)19)9(15)12-4-8(14)10(16)17/h1-3,8,14H,4H2,(H,12,15)(H,16,17). The largest absolute Gasteiger partial charge is 0.479 e. The number of hydrogen-bond donors (Lipinski definition) is 3. The zero-order valence-corrected chi connectivity index (χ0v) is 10.1. The number of nitrogens with one attached hydrogen (secondary N) is 1. The highest BCUT2D eigenvalue weighted by molar-refractivity contribution is 6.31. The molecular formula is C10H9ClN2O6. The predicted molar refractivity (Wildman–Crippen MR) is 64.1 cm³/mol. The Labute approximate surface area is 111 Å². The summed E-state index contributed by atoms with van der Waals surface area (Å²) in [5.41, 5.74) is -0.465. The fourth-order valence-electron chi connectivity index (χ4n) is 1.19. The van der Waals surface area contributed by atoms with Crippen molar-refractivity contribution in [3.05, 3.63) is 38.9 Å². The summed E-state index contributed by atoms with van der Waals surface area (Å²) in [6.45, 7) is -0.519. The van der Waals surface area contributed by atoms with Crippen molar-refractivity contribution in [3.63, 3.8) is 0 Å². The maximum Gasteiger partial charge on any atom is 0.334 e. The van der Waals surface area contributed by atoms with Crippen LogP contribution in [0.5, 0.6) is 0 Å². The SMILES string of the molecule is O=C(NCC(O)C(=O)O)c1cc(Cl)cc([N+](=O)[O-])c1. The summed E-state index contributed by atoms with van der Waals surface area (Å²) in [5, 5.41) is 30.1. The molecule has 0 heterocycles. The minimum atomic E-state index is -1.75. The van der Waals surface area contributed by atoms with Gasteiger partial charge in [0.2, 0.25) is 0 Å². The number of carboxylic acids is 1. The van der Waals surface area contributed by atoms with E-state index >= 15 is 0 Å². The molecule has 0 saturated heterocycles. The van der Waals surface area contributed by atoms with Gasteiger partial charge in [-0.2, -0.15) is 0 Å². The molecule has 3 N–H and O–H groups in total. The van der Waals surface area contributed by atoms with Crippen molar-refractivity contribution in [2.45, 2.75) is 6.10 Å². The number of benzene rings is 1. The van der Waals surface area contributed by atoms with E-state index in [1.165, 1.54) is 6.07 Å². The molecule has 1 aromatic carbocycles. The maximum absolute atomic E-state index is 11.6. The van der Waals surface area contributed by atoms with E-state index < -0.39 is 29.4 Å². The molecule has 8 nitrogen and oxygen atoms in total. The van der Waals surface area contributed by atoms with Crippen molar-refractivity contribution in [1.82, 2.24) is 5.32 Å². The third kappa shape index (κ3) is 4.19. The van der Waals surface area contributed by atoms with E-state index in [0.717, 1.165) is 12.1 Å². The molecule has 1 amide bonds. The van der Waals surface area contributed by atoms with Gasteiger partial charge >= 0.3 is 5.97 Å². The second-order valence-electron chi connectivity index (χ2n) is 3.52. The van der Waals surface area contributed by atoms with Gasteiger partial charge in [-0.3, -0.25) is 14.9 Å². The molecule has 0 spiro atoms. The quantitative estimate of drug-likeness (QED) is 0.532. The summed E-state index contributed by atoms with van der Waals surface area (Å²) in [5.74, 6) is -2.26. The van der Waals surface area contributed by atoms with Crippen molar-refractivity contribution in [2.24, 2.45) is 0 Å². The Morgan fingerprint density at radius 1 is 1.42 bits per heavy atom. The van der Waals surface area contributed by atoms with Crippen molar-refractivity contribution < 1.29 is 24.7 Å². The van der Waals surface area contributed by atoms with Crippen LogP contribution >= 0.6 is 11.6 Å². The minimum Gasteiger partial charge on any atom is -0.479 e. The molecule has 9 heteroatoms. The molecule has 0 fully saturated rings. The van der Waals surface area contributed by atoms with E-state index in [2.05, 4.69) is 5.32 Å². The minimum absolute atomic E-state index is 0.00173. The van der Waals surface area contributed by atoms with Crippen LogP contribution in [0.4, 0.5) is 5.69 Å². The van der Waals surface area contributed by atoms with Crippen LogP contribution in [0.3, 0.4) is 0 Å². The first-order chi connectivity index (χ1) is 8.81.